The van der Waals surface area contributed by atoms with Crippen LogP contribution >= 0.6 is 0 Å². The van der Waals surface area contributed by atoms with Gasteiger partial charge in [0.25, 0.3) is 5.91 Å². The monoisotopic (exact) mass is 218 g/mol. The lowest BCUT2D eigenvalue weighted by Crippen LogP contribution is -2.27. The van der Waals surface area contributed by atoms with Crippen LogP contribution in [0.2, 0.25) is 0 Å². The number of carbonyl (C=O) groups is 2. The molecule has 1 unspecified atom stereocenters. The van der Waals surface area contributed by atoms with Gasteiger partial charge in [-0.1, -0.05) is 29.8 Å². The van der Waals surface area contributed by atoms with E-state index in [-0.39, 0.29) is 11.9 Å². The van der Waals surface area contributed by atoms with Gasteiger partial charge in [-0.15, -0.1) is 0 Å². The van der Waals surface area contributed by atoms with Crippen molar-refractivity contribution in [2.45, 2.75) is 13.0 Å². The van der Waals surface area contributed by atoms with Crippen LogP contribution < -0.4 is 0 Å². The normalized spacial score (nSPS) is 20.8. The van der Waals surface area contributed by atoms with Crippen LogP contribution in [-0.4, -0.2) is 35.8 Å². The molecule has 3 amide bonds. The minimum Gasteiger partial charge on any atom is -0.311 e. The van der Waals surface area contributed by atoms with Gasteiger partial charge in [-0.05, 0) is 12.5 Å². The SMILES string of the molecule is Cc1ccc(C2C(=O)N(C)C(=O)N2C)cc1. The van der Waals surface area contributed by atoms with Crippen LogP contribution in [0.1, 0.15) is 17.2 Å². The third-order valence-corrected chi connectivity index (χ3v) is 2.93. The molecule has 16 heavy (non-hydrogen) atoms. The highest BCUT2D eigenvalue weighted by Gasteiger charge is 2.41. The lowest BCUT2D eigenvalue weighted by molar-refractivity contribution is -0.127. The number of amides is 3. The number of hydrogen-bond donors (Lipinski definition) is 0. The Kier molecular flexibility index (Phi) is 2.42. The summed E-state index contributed by atoms with van der Waals surface area (Å²) in [5, 5.41) is 0. The summed E-state index contributed by atoms with van der Waals surface area (Å²) < 4.78 is 0. The number of rotatable bonds is 1. The summed E-state index contributed by atoms with van der Waals surface area (Å²) in [7, 11) is 3.16. The maximum absolute atomic E-state index is 11.9. The van der Waals surface area contributed by atoms with Crippen LogP contribution in [0.3, 0.4) is 0 Å². The van der Waals surface area contributed by atoms with Gasteiger partial charge >= 0.3 is 6.03 Å². The number of urea groups is 1. The highest BCUT2D eigenvalue weighted by Crippen LogP contribution is 2.28. The predicted molar refractivity (Wildman–Crippen MR) is 59.8 cm³/mol. The van der Waals surface area contributed by atoms with E-state index < -0.39 is 6.04 Å². The number of carbonyl (C=O) groups excluding carboxylic acids is 2. The number of hydrogen-bond acceptors (Lipinski definition) is 2. The van der Waals surface area contributed by atoms with Crippen molar-refractivity contribution in [3.05, 3.63) is 35.4 Å². The van der Waals surface area contributed by atoms with Gasteiger partial charge in [0.15, 0.2) is 0 Å². The first-order valence-corrected chi connectivity index (χ1v) is 5.13. The van der Waals surface area contributed by atoms with E-state index in [9.17, 15) is 9.59 Å². The van der Waals surface area contributed by atoms with E-state index in [2.05, 4.69) is 0 Å². The molecule has 1 aliphatic rings. The fourth-order valence-corrected chi connectivity index (χ4v) is 1.91. The Bertz CT molecular complexity index is 439. The molecule has 84 valence electrons. The van der Waals surface area contributed by atoms with Crippen LogP contribution in [0.5, 0.6) is 0 Å². The molecule has 0 aliphatic carbocycles. The third-order valence-electron chi connectivity index (χ3n) is 2.93. The first-order valence-electron chi connectivity index (χ1n) is 5.13. The van der Waals surface area contributed by atoms with Gasteiger partial charge in [-0.3, -0.25) is 9.69 Å². The molecule has 4 nitrogen and oxygen atoms in total. The van der Waals surface area contributed by atoms with Crippen LogP contribution in [0.4, 0.5) is 4.79 Å². The standard InChI is InChI=1S/C12H14N2O2/c1-8-4-6-9(7-5-8)10-11(15)14(3)12(16)13(10)2/h4-7,10H,1-3H3. The van der Waals surface area contributed by atoms with Crippen molar-refractivity contribution in [3.8, 4) is 0 Å². The largest absolute Gasteiger partial charge is 0.327 e. The average Bonchev–Trinajstić information content (AvgIpc) is 2.46. The van der Waals surface area contributed by atoms with Gasteiger partial charge in [0.1, 0.15) is 6.04 Å². The zero-order valence-electron chi connectivity index (χ0n) is 9.60. The van der Waals surface area contributed by atoms with E-state index in [1.807, 2.05) is 31.2 Å². The summed E-state index contributed by atoms with van der Waals surface area (Å²) in [6.07, 6.45) is 0. The van der Waals surface area contributed by atoms with Gasteiger partial charge in [0, 0.05) is 14.1 Å². The first kappa shape index (κ1) is 10.7. The highest BCUT2D eigenvalue weighted by atomic mass is 16.2. The molecular weight excluding hydrogens is 204 g/mol. The van der Waals surface area contributed by atoms with E-state index in [4.69, 9.17) is 0 Å². The summed E-state index contributed by atoms with van der Waals surface area (Å²) in [6, 6.07) is 6.94. The third kappa shape index (κ3) is 1.46. The van der Waals surface area contributed by atoms with E-state index in [1.165, 1.54) is 11.9 Å². The number of aryl methyl sites for hydroxylation is 1. The van der Waals surface area contributed by atoms with Gasteiger partial charge in [0.2, 0.25) is 0 Å². The smallest absolute Gasteiger partial charge is 0.311 e. The minimum atomic E-state index is -0.474. The van der Waals surface area contributed by atoms with Gasteiger partial charge in [0.05, 0.1) is 0 Å². The molecule has 1 fully saturated rings. The molecule has 4 heteroatoms. The van der Waals surface area contributed by atoms with E-state index >= 15 is 0 Å². The summed E-state index contributed by atoms with van der Waals surface area (Å²) in [6.45, 7) is 1.99. The summed E-state index contributed by atoms with van der Waals surface area (Å²) >= 11 is 0. The molecular formula is C12H14N2O2. The molecule has 2 rings (SSSR count). The van der Waals surface area contributed by atoms with Crippen molar-refractivity contribution in [3.63, 3.8) is 0 Å². The van der Waals surface area contributed by atoms with Crippen molar-refractivity contribution < 1.29 is 9.59 Å². The van der Waals surface area contributed by atoms with Gasteiger partial charge in [-0.25, -0.2) is 4.79 Å². The van der Waals surface area contributed by atoms with Gasteiger partial charge in [-0.2, -0.15) is 0 Å². The molecule has 1 aliphatic heterocycles. The Labute approximate surface area is 94.5 Å². The maximum Gasteiger partial charge on any atom is 0.327 e. The maximum atomic E-state index is 11.9. The number of benzene rings is 1. The fraction of sp³-hybridized carbons (Fsp3) is 0.333. The molecule has 0 spiro atoms. The van der Waals surface area contributed by atoms with Crippen LogP contribution in [0, 0.1) is 6.92 Å². The molecule has 1 aromatic rings. The van der Waals surface area contributed by atoms with E-state index in [1.54, 1.807) is 7.05 Å². The predicted octanol–water partition coefficient (Wildman–Crippen LogP) is 1.56. The van der Waals surface area contributed by atoms with Crippen LogP contribution in [0.15, 0.2) is 24.3 Å². The van der Waals surface area contributed by atoms with Crippen molar-refractivity contribution in [2.24, 2.45) is 0 Å². The van der Waals surface area contributed by atoms with Crippen molar-refractivity contribution in [1.29, 1.82) is 0 Å². The molecule has 0 aromatic heterocycles. The topological polar surface area (TPSA) is 40.6 Å². The van der Waals surface area contributed by atoms with Crippen LogP contribution in [0.25, 0.3) is 0 Å². The van der Waals surface area contributed by atoms with E-state index in [0.29, 0.717) is 0 Å². The Morgan fingerprint density at radius 3 is 2.06 bits per heavy atom. The van der Waals surface area contributed by atoms with Crippen molar-refractivity contribution in [1.82, 2.24) is 9.80 Å². The fourth-order valence-electron chi connectivity index (χ4n) is 1.91. The molecule has 1 atom stereocenters. The summed E-state index contributed by atoms with van der Waals surface area (Å²) in [5.74, 6) is -0.170. The second-order valence-corrected chi connectivity index (χ2v) is 4.10. The second kappa shape index (κ2) is 3.63. The average molecular weight is 218 g/mol. The minimum absolute atomic E-state index is 0.170. The zero-order valence-corrected chi connectivity index (χ0v) is 9.60. The number of imide groups is 1. The molecule has 1 aromatic carbocycles. The molecule has 0 saturated carbocycles. The number of likely N-dealkylation sites (N-methyl/N-ethyl adjacent to an activating group) is 2. The van der Waals surface area contributed by atoms with Crippen molar-refractivity contribution in [2.75, 3.05) is 14.1 Å². The Morgan fingerprint density at radius 1 is 1.06 bits per heavy atom. The Balaban J connectivity index is 2.38. The zero-order chi connectivity index (χ0) is 11.9. The molecule has 0 N–H and O–H groups in total. The van der Waals surface area contributed by atoms with Crippen LogP contribution in [-0.2, 0) is 4.79 Å². The van der Waals surface area contributed by atoms with E-state index in [0.717, 1.165) is 16.0 Å². The summed E-state index contributed by atoms with van der Waals surface area (Å²) in [5.41, 5.74) is 1.99. The Hall–Kier alpha value is -1.84. The second-order valence-electron chi connectivity index (χ2n) is 4.10. The Morgan fingerprint density at radius 2 is 1.62 bits per heavy atom. The molecule has 1 heterocycles. The lowest BCUT2D eigenvalue weighted by Gasteiger charge is -2.16. The molecule has 0 bridgehead atoms. The van der Waals surface area contributed by atoms with Gasteiger partial charge < -0.3 is 4.90 Å². The van der Waals surface area contributed by atoms with Crippen molar-refractivity contribution >= 4 is 11.9 Å². The molecule has 1 saturated heterocycles. The lowest BCUT2D eigenvalue weighted by atomic mass is 10.0. The first-order chi connectivity index (χ1) is 7.52. The summed E-state index contributed by atoms with van der Waals surface area (Å²) in [4.78, 5) is 26.1. The quantitative estimate of drug-likeness (QED) is 0.671. The number of nitrogens with zero attached hydrogens (tertiary/aromatic N) is 2. The molecule has 0 radical (unpaired) electrons. The highest BCUT2D eigenvalue weighted by molar-refractivity contribution is 6.04.